The van der Waals surface area contributed by atoms with Gasteiger partial charge in [0.1, 0.15) is 0 Å². The Bertz CT molecular complexity index is 814. The average Bonchev–Trinajstić information content (AvgIpc) is 3.31. The highest BCUT2D eigenvalue weighted by Gasteiger charge is 2.33. The smallest absolute Gasteiger partial charge is 0.325 e. The van der Waals surface area contributed by atoms with E-state index in [4.69, 9.17) is 5.73 Å². The Morgan fingerprint density at radius 1 is 1.29 bits per heavy atom. The molecular weight excluding hydrogens is 330 g/mol. The molecule has 2 aromatic rings. The molecule has 0 unspecified atom stereocenters. The number of urea groups is 1. The lowest BCUT2D eigenvalue weighted by Crippen LogP contribution is -2.50. The van der Waals surface area contributed by atoms with Gasteiger partial charge in [-0.1, -0.05) is 0 Å². The van der Waals surface area contributed by atoms with E-state index >= 15 is 0 Å². The summed E-state index contributed by atoms with van der Waals surface area (Å²) in [5.74, 6) is 0.410. The number of rotatable bonds is 3. The first-order valence-electron chi connectivity index (χ1n) is 7.88. The van der Waals surface area contributed by atoms with Crippen LogP contribution in [0.1, 0.15) is 36.4 Å². The quantitative estimate of drug-likeness (QED) is 0.917. The fourth-order valence-corrected chi connectivity index (χ4v) is 3.07. The van der Waals surface area contributed by atoms with Crippen molar-refractivity contribution < 1.29 is 9.59 Å². The van der Waals surface area contributed by atoms with Gasteiger partial charge in [-0.25, -0.2) is 9.78 Å². The van der Waals surface area contributed by atoms with E-state index in [0.29, 0.717) is 31.1 Å². The summed E-state index contributed by atoms with van der Waals surface area (Å²) in [6.07, 6.45) is 6.66. The van der Waals surface area contributed by atoms with Crippen molar-refractivity contribution in [1.29, 1.82) is 0 Å². The first-order chi connectivity index (χ1) is 11.1. The minimum atomic E-state index is -0.298. The minimum absolute atomic E-state index is 0. The second-order valence-electron chi connectivity index (χ2n) is 6.24. The van der Waals surface area contributed by atoms with E-state index < -0.39 is 0 Å². The van der Waals surface area contributed by atoms with Crippen LogP contribution < -0.4 is 10.6 Å². The van der Waals surface area contributed by atoms with E-state index in [2.05, 4.69) is 11.2 Å². The van der Waals surface area contributed by atoms with Crippen LogP contribution in [0.2, 0.25) is 0 Å². The summed E-state index contributed by atoms with van der Waals surface area (Å²) >= 11 is 0. The highest BCUT2D eigenvalue weighted by atomic mass is 35.5. The molecule has 1 saturated carbocycles. The van der Waals surface area contributed by atoms with Crippen LogP contribution in [0.5, 0.6) is 0 Å². The molecule has 128 valence electrons. The van der Waals surface area contributed by atoms with Gasteiger partial charge in [0.15, 0.2) is 5.65 Å². The van der Waals surface area contributed by atoms with Gasteiger partial charge in [-0.2, -0.15) is 0 Å². The molecule has 0 spiro atoms. The Morgan fingerprint density at radius 2 is 2.04 bits per heavy atom. The zero-order chi connectivity index (χ0) is 16.1. The summed E-state index contributed by atoms with van der Waals surface area (Å²) in [5, 5.41) is 0. The molecule has 0 radical (unpaired) electrons. The molecule has 4 rings (SSSR count). The molecule has 3 heterocycles. The molecule has 7 nitrogen and oxygen atoms in total. The third-order valence-corrected chi connectivity index (χ3v) is 4.59. The molecule has 0 atom stereocenters. The normalized spacial score (nSPS) is 18.2. The Morgan fingerprint density at radius 3 is 2.71 bits per heavy atom. The number of pyridine rings is 1. The molecular formula is C16H20ClN5O2. The molecule has 8 heteroatoms. The summed E-state index contributed by atoms with van der Waals surface area (Å²) in [4.78, 5) is 31.6. The number of imidazole rings is 1. The monoisotopic (exact) mass is 349 g/mol. The zero-order valence-electron chi connectivity index (χ0n) is 13.4. The molecule has 1 aliphatic heterocycles. The van der Waals surface area contributed by atoms with Gasteiger partial charge in [0.25, 0.3) is 0 Å². The van der Waals surface area contributed by atoms with Crippen LogP contribution in [0.15, 0.2) is 18.5 Å². The third-order valence-electron chi connectivity index (χ3n) is 4.59. The maximum Gasteiger partial charge on any atom is 0.331 e. The van der Waals surface area contributed by atoms with Crippen LogP contribution in [0, 0.1) is 0 Å². The van der Waals surface area contributed by atoms with Crippen molar-refractivity contribution in [3.05, 3.63) is 29.7 Å². The maximum absolute atomic E-state index is 12.5. The fourth-order valence-electron chi connectivity index (χ4n) is 3.07. The number of hydrogen-bond donors (Lipinski definition) is 1. The number of nitrogens with zero attached hydrogens (tertiary/aromatic N) is 4. The molecule has 2 aromatic heterocycles. The predicted molar refractivity (Wildman–Crippen MR) is 92.4 cm³/mol. The van der Waals surface area contributed by atoms with Crippen LogP contribution in [0.25, 0.3) is 5.65 Å². The topological polar surface area (TPSA) is 83.9 Å². The standard InChI is InChI=1S/C16H19N5O2.ClH/c1-19-14(22)4-5-21(16(19)23)13-6-11(10-2-3-10)8-20-9-12(7-17)18-15(13)20;/h6,8-10H,2-5,7,17H2,1H3;1H. The van der Waals surface area contributed by atoms with Crippen molar-refractivity contribution in [2.24, 2.45) is 5.73 Å². The van der Waals surface area contributed by atoms with E-state index in [1.165, 1.54) is 30.4 Å². The SMILES string of the molecule is CN1C(=O)CCN(c2cc(C3CC3)cn3cc(CN)nc23)C1=O.Cl. The number of carbonyl (C=O) groups excluding carboxylic acids is 2. The number of halogens is 1. The van der Waals surface area contributed by atoms with E-state index in [-0.39, 0.29) is 24.3 Å². The van der Waals surface area contributed by atoms with E-state index in [9.17, 15) is 9.59 Å². The molecule has 0 aromatic carbocycles. The molecule has 1 saturated heterocycles. The number of imide groups is 1. The molecule has 2 aliphatic rings. The summed E-state index contributed by atoms with van der Waals surface area (Å²) < 4.78 is 1.95. The van der Waals surface area contributed by atoms with Crippen molar-refractivity contribution in [3.8, 4) is 0 Å². The second kappa shape index (κ2) is 6.07. The van der Waals surface area contributed by atoms with Crippen molar-refractivity contribution >= 4 is 35.7 Å². The lowest BCUT2D eigenvalue weighted by atomic mass is 10.1. The lowest BCUT2D eigenvalue weighted by molar-refractivity contribution is -0.127. The Hall–Kier alpha value is -2.12. The van der Waals surface area contributed by atoms with Gasteiger partial charge in [-0.3, -0.25) is 14.6 Å². The van der Waals surface area contributed by atoms with Gasteiger partial charge in [-0.15, -0.1) is 12.4 Å². The van der Waals surface area contributed by atoms with Crippen molar-refractivity contribution in [2.45, 2.75) is 31.7 Å². The summed E-state index contributed by atoms with van der Waals surface area (Å²) in [6.45, 7) is 0.739. The Balaban J connectivity index is 0.00000169. The number of aromatic nitrogens is 2. The second-order valence-corrected chi connectivity index (χ2v) is 6.24. The fraction of sp³-hybridized carbons (Fsp3) is 0.438. The van der Waals surface area contributed by atoms with Crippen molar-refractivity contribution in [1.82, 2.24) is 14.3 Å². The van der Waals surface area contributed by atoms with Gasteiger partial charge in [0.05, 0.1) is 11.4 Å². The average molecular weight is 350 g/mol. The van der Waals surface area contributed by atoms with Crippen molar-refractivity contribution in [2.75, 3.05) is 18.5 Å². The van der Waals surface area contributed by atoms with Gasteiger partial charge in [0.2, 0.25) is 5.91 Å². The first kappa shape index (κ1) is 16.7. The maximum atomic E-state index is 12.5. The molecule has 0 bridgehead atoms. The number of amides is 3. The van der Waals surface area contributed by atoms with Gasteiger partial charge < -0.3 is 10.1 Å². The molecule has 24 heavy (non-hydrogen) atoms. The van der Waals surface area contributed by atoms with Gasteiger partial charge >= 0.3 is 6.03 Å². The van der Waals surface area contributed by atoms with E-state index in [0.717, 1.165) is 11.4 Å². The van der Waals surface area contributed by atoms with Crippen LogP contribution in [-0.4, -0.2) is 39.8 Å². The summed E-state index contributed by atoms with van der Waals surface area (Å²) in [6, 6.07) is 1.75. The number of hydrogen-bond acceptors (Lipinski definition) is 4. The predicted octanol–water partition coefficient (Wildman–Crippen LogP) is 1.88. The van der Waals surface area contributed by atoms with Crippen LogP contribution in [-0.2, 0) is 11.3 Å². The minimum Gasteiger partial charge on any atom is -0.325 e. The number of nitrogens with two attached hydrogens (primary N) is 1. The summed E-state index contributed by atoms with van der Waals surface area (Å²) in [5.41, 5.74) is 9.18. The van der Waals surface area contributed by atoms with Gasteiger partial charge in [-0.05, 0) is 30.4 Å². The number of carbonyl (C=O) groups is 2. The van der Waals surface area contributed by atoms with E-state index in [1.807, 2.05) is 16.7 Å². The molecule has 1 aliphatic carbocycles. The van der Waals surface area contributed by atoms with Crippen LogP contribution >= 0.6 is 12.4 Å². The third kappa shape index (κ3) is 2.63. The van der Waals surface area contributed by atoms with Crippen LogP contribution in [0.3, 0.4) is 0 Å². The number of anilines is 1. The largest absolute Gasteiger partial charge is 0.331 e. The number of fused-ring (bicyclic) bond motifs is 1. The molecule has 2 N–H and O–H groups in total. The van der Waals surface area contributed by atoms with Gasteiger partial charge in [0, 0.05) is 39.0 Å². The van der Waals surface area contributed by atoms with Crippen LogP contribution in [0.4, 0.5) is 10.5 Å². The lowest BCUT2D eigenvalue weighted by Gasteiger charge is -2.32. The first-order valence-corrected chi connectivity index (χ1v) is 7.88. The van der Waals surface area contributed by atoms with Crippen molar-refractivity contribution in [3.63, 3.8) is 0 Å². The highest BCUT2D eigenvalue weighted by molar-refractivity contribution is 6.07. The highest BCUT2D eigenvalue weighted by Crippen LogP contribution is 2.42. The molecule has 3 amide bonds. The molecule has 2 fully saturated rings. The Labute approximate surface area is 145 Å². The van der Waals surface area contributed by atoms with E-state index in [1.54, 1.807) is 4.90 Å². The Kier molecular flexibility index (Phi) is 4.23. The zero-order valence-corrected chi connectivity index (χ0v) is 14.3. The summed E-state index contributed by atoms with van der Waals surface area (Å²) in [7, 11) is 1.52.